The monoisotopic (exact) mass is 1380 g/mol. The van der Waals surface area contributed by atoms with Gasteiger partial charge in [0.2, 0.25) is 0 Å². The highest BCUT2D eigenvalue weighted by Gasteiger charge is 2.32. The number of nitrogens with zero attached hydrogens (tertiary/aromatic N) is 6. The molecule has 0 amide bonds. The van der Waals surface area contributed by atoms with Crippen molar-refractivity contribution >= 4 is 87.2 Å². The van der Waals surface area contributed by atoms with Crippen LogP contribution < -0.4 is 0 Å². The number of aromatic nitrogens is 5. The topological polar surface area (TPSA) is 56.4 Å². The lowest BCUT2D eigenvalue weighted by Crippen LogP contribution is -2.05. The van der Waals surface area contributed by atoms with E-state index in [1.165, 1.54) is 76.5 Å². The quantitative estimate of drug-likeness (QED) is 0.130. The number of hydrogen-bond acceptors (Lipinski definition) is 2. The van der Waals surface area contributed by atoms with Gasteiger partial charge in [-0.05, 0) is 226 Å². The average Bonchev–Trinajstić information content (AvgIpc) is 1.17. The van der Waals surface area contributed by atoms with Crippen LogP contribution in [0.25, 0.3) is 188 Å². The molecule has 0 saturated heterocycles. The van der Waals surface area contributed by atoms with Crippen molar-refractivity contribution in [1.29, 1.82) is 5.26 Å². The van der Waals surface area contributed by atoms with Gasteiger partial charge < -0.3 is 18.3 Å². The third-order valence-electron chi connectivity index (χ3n) is 22.4. The van der Waals surface area contributed by atoms with Crippen molar-refractivity contribution in [2.45, 2.75) is 41.5 Å². The first-order valence-corrected chi connectivity index (χ1v) is 37.2. The summed E-state index contributed by atoms with van der Waals surface area (Å²) in [5.41, 5.74) is 33.5. The van der Waals surface area contributed by atoms with E-state index in [1.54, 1.807) is 0 Å². The van der Waals surface area contributed by atoms with Crippen molar-refractivity contribution in [3.8, 4) is 107 Å². The molecule has 0 aliphatic rings. The van der Waals surface area contributed by atoms with E-state index in [4.69, 9.17) is 4.98 Å². The maximum atomic E-state index is 13.1. The lowest BCUT2D eigenvalue weighted by Gasteiger charge is -2.27. The van der Waals surface area contributed by atoms with Gasteiger partial charge in [0.15, 0.2) is 0 Å². The molecule has 510 valence electrons. The minimum atomic E-state index is 0.530. The standard InChI is InChI=1S/C102H72N6/c1-62-25-49-91-81(55-62)78-21-13-15-23-89(78)105(91)74-41-33-70(34-42-74)98-97(69-31-39-76(40-32-69)107-93-51-27-64(3)57-83(93)84-58-65(4)28-52-94(84)107)87(61-103)101(80-47-48-88(68-17-9-7-10-18-68)104-102(80)73-19-11-8-12-20-73)100(72-37-45-77(46-38-72)108-95-53-29-66(5)59-85(95)86-60-67(6)30-54-96(86)108)99(98)71-35-43-75(44-36-71)106-90-24-16-14-22-79(90)82-56-63(2)26-50-92(82)106/h7-60H,1-6H3. The molecule has 0 saturated carbocycles. The number of aryl methyl sites for hydroxylation is 6. The molecular formula is C102H72N6. The lowest BCUT2D eigenvalue weighted by molar-refractivity contribution is 1.18. The molecule has 0 spiro atoms. The van der Waals surface area contributed by atoms with Crippen LogP contribution in [-0.2, 0) is 0 Å². The summed E-state index contributed by atoms with van der Waals surface area (Å²) in [6.45, 7) is 13.0. The molecule has 20 aromatic rings. The van der Waals surface area contributed by atoms with Gasteiger partial charge in [-0.3, -0.25) is 0 Å². The Morgan fingerprint density at radius 3 is 0.852 bits per heavy atom. The smallest absolute Gasteiger partial charge is 0.100 e. The number of fused-ring (bicyclic) bond motifs is 12. The lowest BCUT2D eigenvalue weighted by atomic mass is 9.75. The van der Waals surface area contributed by atoms with E-state index in [1.807, 2.05) is 6.07 Å². The van der Waals surface area contributed by atoms with Gasteiger partial charge in [0, 0.05) is 93.7 Å². The number of nitriles is 1. The Morgan fingerprint density at radius 2 is 0.509 bits per heavy atom. The molecule has 108 heavy (non-hydrogen) atoms. The fourth-order valence-corrected chi connectivity index (χ4v) is 17.4. The van der Waals surface area contributed by atoms with Crippen LogP contribution in [-0.4, -0.2) is 23.3 Å². The Hall–Kier alpha value is -13.9. The van der Waals surface area contributed by atoms with Gasteiger partial charge in [0.25, 0.3) is 0 Å². The third kappa shape index (κ3) is 10.3. The molecule has 6 heteroatoms. The Balaban J connectivity index is 0.924. The molecule has 5 heterocycles. The average molecular weight is 1380 g/mol. The zero-order valence-corrected chi connectivity index (χ0v) is 60.9. The molecule has 0 unspecified atom stereocenters. The second-order valence-corrected chi connectivity index (χ2v) is 29.4. The van der Waals surface area contributed by atoms with Crippen LogP contribution in [0.5, 0.6) is 0 Å². The van der Waals surface area contributed by atoms with E-state index in [2.05, 4.69) is 387 Å². The fraction of sp³-hybridized carbons (Fsp3) is 0.0588. The van der Waals surface area contributed by atoms with Crippen molar-refractivity contribution in [3.63, 3.8) is 0 Å². The summed E-state index contributed by atoms with van der Waals surface area (Å²) in [5.74, 6) is 0. The highest BCUT2D eigenvalue weighted by atomic mass is 15.0. The molecule has 0 bridgehead atoms. The first kappa shape index (κ1) is 63.8. The molecule has 15 aromatic carbocycles. The summed E-state index contributed by atoms with van der Waals surface area (Å²) >= 11 is 0. The van der Waals surface area contributed by atoms with Gasteiger partial charge in [-0.1, -0.05) is 215 Å². The Morgan fingerprint density at radius 1 is 0.231 bits per heavy atom. The predicted molar refractivity (Wildman–Crippen MR) is 453 cm³/mol. The summed E-state index contributed by atoms with van der Waals surface area (Å²) in [7, 11) is 0. The molecule has 0 aliphatic carbocycles. The van der Waals surface area contributed by atoms with E-state index in [-0.39, 0.29) is 0 Å². The third-order valence-corrected chi connectivity index (χ3v) is 22.4. The summed E-state index contributed by atoms with van der Waals surface area (Å²) in [5, 5.41) is 22.7. The molecule has 5 aromatic heterocycles. The first-order valence-electron chi connectivity index (χ1n) is 37.2. The number of pyridine rings is 1. The minimum Gasteiger partial charge on any atom is -0.309 e. The summed E-state index contributed by atoms with van der Waals surface area (Å²) < 4.78 is 9.60. The van der Waals surface area contributed by atoms with Gasteiger partial charge in [0.1, 0.15) is 6.07 Å². The maximum absolute atomic E-state index is 13.1. The normalized spacial score (nSPS) is 11.8. The molecule has 0 fully saturated rings. The van der Waals surface area contributed by atoms with Crippen LogP contribution in [0.15, 0.2) is 328 Å². The number of benzene rings is 15. The maximum Gasteiger partial charge on any atom is 0.100 e. The Bertz CT molecular complexity index is 7000. The van der Waals surface area contributed by atoms with Gasteiger partial charge in [-0.2, -0.15) is 5.26 Å². The molecule has 0 atom stereocenters. The van der Waals surface area contributed by atoms with Gasteiger partial charge in [-0.25, -0.2) is 4.98 Å². The van der Waals surface area contributed by atoms with Crippen LogP contribution in [0.3, 0.4) is 0 Å². The second kappa shape index (κ2) is 25.2. The summed E-state index contributed by atoms with van der Waals surface area (Å²) in [4.78, 5) is 5.76. The number of rotatable bonds is 11. The van der Waals surface area contributed by atoms with Gasteiger partial charge in [-0.15, -0.1) is 0 Å². The van der Waals surface area contributed by atoms with E-state index >= 15 is 0 Å². The Labute approximate surface area is 626 Å². The van der Waals surface area contributed by atoms with Crippen molar-refractivity contribution in [3.05, 3.63) is 367 Å². The zero-order valence-electron chi connectivity index (χ0n) is 60.9. The van der Waals surface area contributed by atoms with Crippen molar-refractivity contribution in [1.82, 2.24) is 23.3 Å². The van der Waals surface area contributed by atoms with Crippen molar-refractivity contribution < 1.29 is 0 Å². The second-order valence-electron chi connectivity index (χ2n) is 29.4. The Kier molecular flexibility index (Phi) is 14.9. The number of para-hydroxylation sites is 2. The molecule has 0 N–H and O–H groups in total. The molecule has 6 nitrogen and oxygen atoms in total. The van der Waals surface area contributed by atoms with E-state index in [9.17, 15) is 5.26 Å². The van der Waals surface area contributed by atoms with Crippen molar-refractivity contribution in [2.75, 3.05) is 0 Å². The van der Waals surface area contributed by atoms with E-state index in [0.717, 1.165) is 145 Å². The molecular weight excluding hydrogens is 1310 g/mol. The minimum absolute atomic E-state index is 0.530. The predicted octanol–water partition coefficient (Wildman–Crippen LogP) is 26.9. The first-order chi connectivity index (χ1) is 53.0. The van der Waals surface area contributed by atoms with Gasteiger partial charge in [0.05, 0.1) is 61.1 Å². The van der Waals surface area contributed by atoms with Crippen LogP contribution in [0.2, 0.25) is 0 Å². The molecule has 0 aliphatic heterocycles. The summed E-state index contributed by atoms with van der Waals surface area (Å²) in [6.07, 6.45) is 0. The molecule has 0 radical (unpaired) electrons. The van der Waals surface area contributed by atoms with Crippen LogP contribution in [0.4, 0.5) is 0 Å². The zero-order chi connectivity index (χ0) is 72.6. The SMILES string of the molecule is Cc1ccc2c(c1)c1ccccc1n2-c1ccc(-c2c(-c3ccc(-n4c5ccc(C)cc5c5cc(C)ccc54)cc3)c(C#N)c(-c3ccc(-c4ccccc4)nc3-c3ccccc3)c(-c3ccc(-n4c5ccc(C)cc5c5cc(C)ccc54)cc3)c2-c2ccc(-n3c4ccccc4c4cc(C)ccc43)cc2)cc1. The van der Waals surface area contributed by atoms with Gasteiger partial charge >= 0.3 is 0 Å². The summed E-state index contributed by atoms with van der Waals surface area (Å²) in [6, 6.07) is 123. The highest BCUT2D eigenvalue weighted by Crippen LogP contribution is 2.55. The van der Waals surface area contributed by atoms with Crippen LogP contribution in [0.1, 0.15) is 38.9 Å². The van der Waals surface area contributed by atoms with Crippen LogP contribution >= 0.6 is 0 Å². The van der Waals surface area contributed by atoms with Crippen LogP contribution in [0, 0.1) is 52.9 Å². The fourth-order valence-electron chi connectivity index (χ4n) is 17.4. The van der Waals surface area contributed by atoms with E-state index in [0.29, 0.717) is 5.56 Å². The van der Waals surface area contributed by atoms with E-state index < -0.39 is 0 Å². The van der Waals surface area contributed by atoms with Crippen molar-refractivity contribution in [2.24, 2.45) is 0 Å². The number of hydrogen-bond donors (Lipinski definition) is 0. The molecule has 20 rings (SSSR count). The highest BCUT2D eigenvalue weighted by molar-refractivity contribution is 6.16. The largest absolute Gasteiger partial charge is 0.309 e.